The highest BCUT2D eigenvalue weighted by molar-refractivity contribution is 14.1. The maximum absolute atomic E-state index is 12.6. The smallest absolute Gasteiger partial charge is 0.410 e. The zero-order chi connectivity index (χ0) is 93.4. The second-order valence-corrected chi connectivity index (χ2v) is 32.1. The molecule has 0 aliphatic carbocycles. The largest absolute Gasteiger partial charge is 0.478 e. The quantitative estimate of drug-likeness (QED) is 0.0376. The number of aliphatic hydroxyl groups excluding tert-OH is 1. The molecule has 2 amide bonds. The second-order valence-electron chi connectivity index (χ2n) is 25.9. The molecule has 6 unspecified atom stereocenters. The molecule has 10 heterocycles. The highest BCUT2D eigenvalue weighted by atomic mass is 127. The van der Waals surface area contributed by atoms with E-state index in [0.29, 0.717) is 42.2 Å². The minimum absolute atomic E-state index is 0.00902. The van der Waals surface area contributed by atoms with Crippen LogP contribution in [0.3, 0.4) is 0 Å². The predicted octanol–water partition coefficient (Wildman–Crippen LogP) is 12.7. The second kappa shape index (κ2) is 51.5. The zero-order valence-corrected chi connectivity index (χ0v) is 77.9. The van der Waals surface area contributed by atoms with Crippen molar-refractivity contribution in [1.29, 1.82) is 0 Å². The van der Waals surface area contributed by atoms with E-state index >= 15 is 0 Å². The number of carbonyl (C=O) groups is 6. The molecule has 4 aliphatic rings. The number of fused-ring (bicyclic) bond motifs is 4. The number of carboxylic acids is 1. The van der Waals surface area contributed by atoms with Crippen LogP contribution >= 0.6 is 136 Å². The van der Waals surface area contributed by atoms with Crippen molar-refractivity contribution >= 4 is 195 Å². The van der Waals surface area contributed by atoms with Crippen molar-refractivity contribution in [3.8, 4) is 0 Å². The van der Waals surface area contributed by atoms with E-state index in [1.54, 1.807) is 45.2 Å². The van der Waals surface area contributed by atoms with E-state index in [1.807, 2.05) is 82.9 Å². The van der Waals surface area contributed by atoms with Crippen molar-refractivity contribution in [2.24, 2.45) is 17.8 Å². The number of hydrogen-bond donors (Lipinski definition) is 6. The molecule has 53 heteroatoms. The van der Waals surface area contributed by atoms with Gasteiger partial charge in [0, 0.05) is 35.1 Å². The van der Waals surface area contributed by atoms with E-state index in [-0.39, 0.29) is 124 Å². The number of aromatic amines is 1. The third-order valence-corrected chi connectivity index (χ3v) is 21.2. The number of alkyl carbamates (subject to hydrolysis) is 1. The fraction of sp³-hybridized carbons (Fsp3) is 0.582. The fourth-order valence-corrected chi connectivity index (χ4v) is 16.3. The lowest BCUT2D eigenvalue weighted by molar-refractivity contribution is -0.193. The summed E-state index contributed by atoms with van der Waals surface area (Å²) in [6.07, 6.45) is -16.5. The van der Waals surface area contributed by atoms with E-state index in [9.17, 15) is 94.6 Å². The van der Waals surface area contributed by atoms with Crippen LogP contribution in [0.5, 0.6) is 0 Å². The van der Waals surface area contributed by atoms with Crippen LogP contribution in [0.25, 0.3) is 0 Å². The summed E-state index contributed by atoms with van der Waals surface area (Å²) in [5, 5.41) is 51.4. The number of aromatic carboxylic acids is 1. The van der Waals surface area contributed by atoms with Gasteiger partial charge in [-0.1, -0.05) is 34.6 Å². The number of carboxylic acid groups (broad SMARTS) is 1. The molecule has 6 aromatic heterocycles. The summed E-state index contributed by atoms with van der Waals surface area (Å²) < 4.78 is 200. The molecule has 10 rings (SSSR count). The number of halogens is 21. The minimum Gasteiger partial charge on any atom is -0.478 e. The van der Waals surface area contributed by atoms with Crippen molar-refractivity contribution in [3.63, 3.8) is 0 Å². The fourth-order valence-electron chi connectivity index (χ4n) is 11.0. The van der Waals surface area contributed by atoms with Gasteiger partial charge >= 0.3 is 67.6 Å². The first kappa shape index (κ1) is 113. The standard InChI is InChI=1S/C15H26IN3O2.C10H10F3IN2O.C9H7F3IN3O2.C9H9F3IN3O.C9H8F3IN2O2.C7H11IN2.C4H7F3O.4CO2/c1-7-11-12(8-2)19(18-13(11)16)9-10(3)17-14(20)21-15(4,5)6;1-5(17)8-7-3-2-6(10(11,12)13)4-16(7)15-9(8)14;1-3(17)5-6-8(18)14-4(9(10,11)12)2-16(6)15-7(5)13;1-4(17)7-5-2-14-6(9(10,11)12)3-16(5)15-8(7)13;10-9(11,12)4-1-2-5-6(8(16)17)7(13)14-15(5)3-4;1-3-5-6(4-2)9-10-7(5)8;1-3(2-8)4(5,6)7;4*2-1-3/h10H,7-9H2,1-6H3,(H,17,20);6H,2-4H2,1H3;4H,2H2,1H3,(H,14,18);6,14H,2-3H2,1H3;4H,1-3H2,(H,16,17);3-4H2,1-2H3,(H,9,10);3,8H,2H2,1H3;;;;. The molecule has 6 aromatic rings. The Morgan fingerprint density at radius 2 is 0.925 bits per heavy atom. The molecule has 0 saturated heterocycles. The van der Waals surface area contributed by atoms with Crippen LogP contribution in [0, 0.1) is 40.0 Å². The van der Waals surface area contributed by atoms with Crippen LogP contribution in [0.2, 0.25) is 0 Å². The van der Waals surface area contributed by atoms with Gasteiger partial charge in [-0.25, -0.2) is 9.59 Å². The van der Waals surface area contributed by atoms with E-state index < -0.39 is 97.1 Å². The molecular formula is C67H78F15I6N15O17. The first-order valence-electron chi connectivity index (χ1n) is 34.4. The zero-order valence-electron chi connectivity index (χ0n) is 64.9. The highest BCUT2D eigenvalue weighted by Gasteiger charge is 2.48. The topological polar surface area (TPSA) is 443 Å². The number of aryl methyl sites for hydroxylation is 1. The Morgan fingerprint density at radius 3 is 1.27 bits per heavy atom. The summed E-state index contributed by atoms with van der Waals surface area (Å²) in [5.74, 6) is -7.17. The number of nitrogens with one attached hydrogen (secondary N) is 4. The van der Waals surface area contributed by atoms with E-state index in [1.165, 1.54) is 57.3 Å². The number of Topliss-reactive ketones (excluding diaryl/α,β-unsaturated/α-hetero) is 3. The number of ketones is 3. The van der Waals surface area contributed by atoms with Crippen LogP contribution in [0.1, 0.15) is 187 Å². The van der Waals surface area contributed by atoms with Gasteiger partial charge in [-0.15, -0.1) is 0 Å². The lowest BCUT2D eigenvalue weighted by atomic mass is 9.95. The third kappa shape index (κ3) is 35.8. The number of aromatic nitrogens is 12. The molecule has 120 heavy (non-hydrogen) atoms. The number of alkyl halides is 15. The average Bonchev–Trinajstić information content (AvgIpc) is 1.63. The molecule has 32 nitrogen and oxygen atoms in total. The summed E-state index contributed by atoms with van der Waals surface area (Å²) in [6, 6.07) is -3.62. The molecule has 0 radical (unpaired) electrons. The van der Waals surface area contributed by atoms with E-state index in [0.717, 1.165) is 44.7 Å². The van der Waals surface area contributed by atoms with Gasteiger partial charge in [-0.05, 0) is 235 Å². The van der Waals surface area contributed by atoms with Crippen LogP contribution < -0.4 is 16.0 Å². The summed E-state index contributed by atoms with van der Waals surface area (Å²) in [6.45, 7) is 19.6. The first-order chi connectivity index (χ1) is 55.2. The van der Waals surface area contributed by atoms with Crippen LogP contribution in [0.4, 0.5) is 70.7 Å². The summed E-state index contributed by atoms with van der Waals surface area (Å²) in [5.41, 5.74) is 7.19. The summed E-state index contributed by atoms with van der Waals surface area (Å²) >= 11 is 11.7. The summed E-state index contributed by atoms with van der Waals surface area (Å²) in [7, 11) is 0. The number of aliphatic hydroxyl groups is 1. The summed E-state index contributed by atoms with van der Waals surface area (Å²) in [4.78, 5) is 134. The molecule has 4 aliphatic heterocycles. The molecule has 6 atom stereocenters. The molecule has 0 bridgehead atoms. The minimum atomic E-state index is -4.54. The Kier molecular flexibility index (Phi) is 48.6. The SMILES string of the molecule is CC(=O)c1c(I)nn2c1C(=O)NC(C(F)(F)F)C2.CC(=O)c1c(I)nn2c1CCC(C(F)(F)F)C2.CC(=O)c1c(I)nn2c1CNC(C(F)(F)F)C2.CC(CO)C(F)(F)F.CCc1[nH]nc(I)c1CC.CCc1c(I)nn(CC(C)NC(=O)OC(C)(C)C)c1CC.O=C(O)c1c(I)nn2c1CCC(C(F)(F)F)C2.O=C=O.O=C=O.O=C=O.O=C=O. The van der Waals surface area contributed by atoms with Crippen molar-refractivity contribution in [3.05, 3.63) is 89.7 Å². The lowest BCUT2D eigenvalue weighted by Crippen LogP contribution is -2.52. The number of ether oxygens (including phenoxy) is 1. The third-order valence-electron chi connectivity index (χ3n) is 16.4. The maximum atomic E-state index is 12.6. The Labute approximate surface area is 754 Å². The number of hydrogen-bond acceptors (Lipinski definition) is 23. The van der Waals surface area contributed by atoms with E-state index in [2.05, 4.69) is 119 Å². The van der Waals surface area contributed by atoms with Crippen molar-refractivity contribution < 1.29 is 148 Å². The van der Waals surface area contributed by atoms with Crippen LogP contribution in [-0.4, -0.2) is 190 Å². The van der Waals surface area contributed by atoms with Gasteiger partial charge in [0.1, 0.15) is 51.1 Å². The van der Waals surface area contributed by atoms with Gasteiger partial charge in [0.15, 0.2) is 17.3 Å². The molecule has 0 saturated carbocycles. The molecular weight excluding hydrogens is 2330 g/mol. The van der Waals surface area contributed by atoms with Gasteiger partial charge in [-0.3, -0.25) is 53.0 Å². The van der Waals surface area contributed by atoms with Crippen LogP contribution in [-0.2, 0) is 121 Å². The number of carbonyl (C=O) groups excluding carboxylic acids is 13. The number of nitrogens with zero attached hydrogens (tertiary/aromatic N) is 11. The maximum Gasteiger partial charge on any atom is 0.410 e. The van der Waals surface area contributed by atoms with Gasteiger partial charge in [0.2, 0.25) is 0 Å². The first-order valence-corrected chi connectivity index (χ1v) is 40.9. The molecule has 6 N–H and O–H groups in total. The number of H-pyrrole nitrogens is 1. The van der Waals surface area contributed by atoms with Gasteiger partial charge in [-0.2, -0.15) is 135 Å². The van der Waals surface area contributed by atoms with Crippen molar-refractivity contribution in [1.82, 2.24) is 75.1 Å². The molecule has 670 valence electrons. The Hall–Kier alpha value is -6.75. The van der Waals surface area contributed by atoms with E-state index in [4.69, 9.17) is 53.3 Å². The molecule has 0 fully saturated rings. The van der Waals surface area contributed by atoms with Gasteiger partial charge in [0.25, 0.3) is 5.91 Å². The number of rotatable bonds is 12. The molecule has 0 aromatic carbocycles. The van der Waals surface area contributed by atoms with Crippen LogP contribution in [0.15, 0.2) is 0 Å². The monoisotopic (exact) mass is 2410 g/mol. The van der Waals surface area contributed by atoms with Gasteiger partial charge in [0.05, 0.1) is 90.9 Å². The Balaban J connectivity index is 0.00000136. The van der Waals surface area contributed by atoms with Crippen molar-refractivity contribution in [2.75, 3.05) is 6.61 Å². The predicted molar refractivity (Wildman–Crippen MR) is 431 cm³/mol. The molecule has 0 spiro atoms. The normalized spacial score (nSPS) is 16.0. The highest BCUT2D eigenvalue weighted by Crippen LogP contribution is 2.38. The van der Waals surface area contributed by atoms with Gasteiger partial charge < -0.3 is 25.6 Å². The lowest BCUT2D eigenvalue weighted by Gasteiger charge is -2.27. The van der Waals surface area contributed by atoms with Crippen molar-refractivity contribution in [2.45, 2.75) is 228 Å². The Bertz CT molecular complexity index is 4310. The number of amides is 2. The Morgan fingerprint density at radius 1 is 0.533 bits per heavy atom. The average molecular weight is 2410 g/mol.